The van der Waals surface area contributed by atoms with Crippen LogP contribution < -0.4 is 4.74 Å². The number of benzene rings is 2. The van der Waals surface area contributed by atoms with Crippen LogP contribution in [-0.4, -0.2) is 21.2 Å². The van der Waals surface area contributed by atoms with Crippen molar-refractivity contribution in [1.82, 2.24) is 0 Å². The van der Waals surface area contributed by atoms with Gasteiger partial charge in [-0.25, -0.2) is 0 Å². The van der Waals surface area contributed by atoms with Gasteiger partial charge in [-0.3, -0.25) is 4.79 Å². The van der Waals surface area contributed by atoms with Gasteiger partial charge in [-0.15, -0.1) is 0 Å². The third kappa shape index (κ3) is 4.07. The lowest BCUT2D eigenvalue weighted by Gasteiger charge is -2.36. The largest absolute Gasteiger partial charge is 0.497 e. The summed E-state index contributed by atoms with van der Waals surface area (Å²) in [4.78, 5) is 12.9. The Bertz CT molecular complexity index is 788. The van der Waals surface area contributed by atoms with Crippen LogP contribution in [0.1, 0.15) is 11.1 Å². The van der Waals surface area contributed by atoms with Crippen LogP contribution in [0.25, 0.3) is 5.76 Å². The fourth-order valence-electron chi connectivity index (χ4n) is 3.48. The molecule has 0 amide bonds. The molecule has 0 saturated heterocycles. The van der Waals surface area contributed by atoms with Gasteiger partial charge in [-0.2, -0.15) is 0 Å². The van der Waals surface area contributed by atoms with Crippen LogP contribution in [0.3, 0.4) is 0 Å². The molecule has 0 aliphatic carbocycles. The lowest BCUT2D eigenvalue weighted by atomic mass is 9.93. The molecule has 0 saturated carbocycles. The number of rotatable bonds is 5. The molecule has 0 fully saturated rings. The number of esters is 1. The van der Waals surface area contributed by atoms with Gasteiger partial charge in [0.1, 0.15) is 11.5 Å². The standard InChI is InChI=1S/C22H26O3Si/c1-24-18-12-10-16(11-13-18)14-19-21(26(2,3)4)15-20(25-22(19)23)17-8-6-5-7-9-17/h5-13,15,19,21H,14H2,1-4H3/t19-,21-/m0/s1. The molecule has 2 aromatic carbocycles. The Morgan fingerprint density at radius 1 is 1.00 bits per heavy atom. The fourth-order valence-corrected chi connectivity index (χ4v) is 5.59. The first kappa shape index (κ1) is 18.5. The molecule has 0 bridgehead atoms. The summed E-state index contributed by atoms with van der Waals surface area (Å²) in [5.41, 5.74) is 2.33. The summed E-state index contributed by atoms with van der Waals surface area (Å²) in [7, 11) is 0.0479. The van der Waals surface area contributed by atoms with E-state index in [0.29, 0.717) is 12.2 Å². The van der Waals surface area contributed by atoms with Crippen molar-refractivity contribution in [3.05, 3.63) is 71.8 Å². The monoisotopic (exact) mass is 366 g/mol. The number of allylic oxidation sites excluding steroid dienone is 1. The molecule has 3 nitrogen and oxygen atoms in total. The third-order valence-electron chi connectivity index (χ3n) is 4.95. The molecule has 0 N–H and O–H groups in total. The van der Waals surface area contributed by atoms with Crippen molar-refractivity contribution < 1.29 is 14.3 Å². The van der Waals surface area contributed by atoms with Crippen LogP contribution in [0.2, 0.25) is 25.2 Å². The highest BCUT2D eigenvalue weighted by Crippen LogP contribution is 2.41. The first-order valence-corrected chi connectivity index (χ1v) is 12.6. The van der Waals surface area contributed by atoms with Crippen molar-refractivity contribution in [3.63, 3.8) is 0 Å². The highest BCUT2D eigenvalue weighted by Gasteiger charge is 2.41. The normalized spacial score (nSPS) is 20.3. The average Bonchev–Trinajstić information content (AvgIpc) is 2.63. The molecule has 0 unspecified atom stereocenters. The maximum absolute atomic E-state index is 12.9. The van der Waals surface area contributed by atoms with E-state index in [1.165, 1.54) is 0 Å². The van der Waals surface area contributed by atoms with E-state index in [9.17, 15) is 4.79 Å². The molecule has 136 valence electrons. The smallest absolute Gasteiger partial charge is 0.314 e. The second kappa shape index (κ2) is 7.50. The minimum absolute atomic E-state index is 0.116. The zero-order valence-electron chi connectivity index (χ0n) is 15.9. The van der Waals surface area contributed by atoms with Crippen LogP contribution in [0, 0.1) is 5.92 Å². The van der Waals surface area contributed by atoms with Crippen LogP contribution in [0.5, 0.6) is 5.75 Å². The number of cyclic esters (lactones) is 1. The first-order chi connectivity index (χ1) is 12.4. The van der Waals surface area contributed by atoms with E-state index in [1.54, 1.807) is 7.11 Å². The van der Waals surface area contributed by atoms with E-state index in [-0.39, 0.29) is 17.4 Å². The van der Waals surface area contributed by atoms with Gasteiger partial charge in [-0.05, 0) is 35.7 Å². The molecule has 26 heavy (non-hydrogen) atoms. The van der Waals surface area contributed by atoms with Crippen molar-refractivity contribution in [3.8, 4) is 5.75 Å². The summed E-state index contributed by atoms with van der Waals surface area (Å²) >= 11 is 0. The molecular formula is C22H26O3Si. The molecule has 0 radical (unpaired) electrons. The Morgan fingerprint density at radius 2 is 1.65 bits per heavy atom. The zero-order valence-corrected chi connectivity index (χ0v) is 16.9. The van der Waals surface area contributed by atoms with Gasteiger partial charge in [0.15, 0.2) is 0 Å². The van der Waals surface area contributed by atoms with E-state index in [1.807, 2.05) is 54.6 Å². The SMILES string of the molecule is COc1ccc(C[C@@H]2C(=O)OC(c3ccccc3)=C[C@@H]2[Si](C)(C)C)cc1. The molecular weight excluding hydrogens is 340 g/mol. The maximum atomic E-state index is 12.9. The summed E-state index contributed by atoms with van der Waals surface area (Å²) in [5, 5.41) is 0. The highest BCUT2D eigenvalue weighted by atomic mass is 28.3. The predicted molar refractivity (Wildman–Crippen MR) is 108 cm³/mol. The van der Waals surface area contributed by atoms with Gasteiger partial charge < -0.3 is 9.47 Å². The Morgan fingerprint density at radius 3 is 2.23 bits per heavy atom. The van der Waals surface area contributed by atoms with Crippen molar-refractivity contribution >= 4 is 19.8 Å². The van der Waals surface area contributed by atoms with Gasteiger partial charge in [0.25, 0.3) is 0 Å². The number of hydrogen-bond acceptors (Lipinski definition) is 3. The van der Waals surface area contributed by atoms with E-state index in [0.717, 1.165) is 16.9 Å². The van der Waals surface area contributed by atoms with Crippen LogP contribution in [0.4, 0.5) is 0 Å². The quantitative estimate of drug-likeness (QED) is 0.541. The van der Waals surface area contributed by atoms with Gasteiger partial charge in [0.05, 0.1) is 21.1 Å². The Labute approximate surface area is 156 Å². The molecule has 1 aliphatic rings. The van der Waals surface area contributed by atoms with Crippen molar-refractivity contribution in [1.29, 1.82) is 0 Å². The van der Waals surface area contributed by atoms with Crippen LogP contribution >= 0.6 is 0 Å². The summed E-state index contributed by atoms with van der Waals surface area (Å²) in [6.07, 6.45) is 2.88. The number of carbonyl (C=O) groups excluding carboxylic acids is 1. The fraction of sp³-hybridized carbons (Fsp3) is 0.318. The van der Waals surface area contributed by atoms with Gasteiger partial charge in [0, 0.05) is 5.56 Å². The molecule has 0 spiro atoms. The first-order valence-electron chi connectivity index (χ1n) is 9.00. The molecule has 2 aromatic rings. The molecule has 0 aromatic heterocycles. The molecule has 3 rings (SSSR count). The van der Waals surface area contributed by atoms with E-state index in [2.05, 4.69) is 25.7 Å². The second-order valence-corrected chi connectivity index (χ2v) is 13.3. The molecule has 2 atom stereocenters. The van der Waals surface area contributed by atoms with Gasteiger partial charge in [0.2, 0.25) is 0 Å². The lowest BCUT2D eigenvalue weighted by Crippen LogP contribution is -2.40. The van der Waals surface area contributed by atoms with Crippen LogP contribution in [0.15, 0.2) is 60.7 Å². The van der Waals surface area contributed by atoms with Crippen molar-refractivity contribution in [2.75, 3.05) is 7.11 Å². The maximum Gasteiger partial charge on any atom is 0.314 e. The second-order valence-electron chi connectivity index (χ2n) is 7.87. The highest BCUT2D eigenvalue weighted by molar-refractivity contribution is 6.78. The number of ether oxygens (including phenoxy) is 2. The summed E-state index contributed by atoms with van der Waals surface area (Å²) < 4.78 is 11.0. The lowest BCUT2D eigenvalue weighted by molar-refractivity contribution is -0.142. The Balaban J connectivity index is 1.91. The topological polar surface area (TPSA) is 35.5 Å². The van der Waals surface area contributed by atoms with E-state index in [4.69, 9.17) is 9.47 Å². The van der Waals surface area contributed by atoms with Crippen molar-refractivity contribution in [2.45, 2.75) is 31.6 Å². The summed E-state index contributed by atoms with van der Waals surface area (Å²) in [6.45, 7) is 6.95. The Hall–Kier alpha value is -2.33. The predicted octanol–water partition coefficient (Wildman–Crippen LogP) is 5.16. The Kier molecular flexibility index (Phi) is 5.32. The van der Waals surface area contributed by atoms with Gasteiger partial charge in [-0.1, -0.05) is 62.1 Å². The number of hydrogen-bond donors (Lipinski definition) is 0. The zero-order chi connectivity index (χ0) is 18.7. The molecule has 4 heteroatoms. The minimum Gasteiger partial charge on any atom is -0.497 e. The summed E-state index contributed by atoms with van der Waals surface area (Å²) in [5.74, 6) is 1.28. The number of carbonyl (C=O) groups is 1. The molecule has 1 heterocycles. The van der Waals surface area contributed by atoms with E-state index < -0.39 is 8.07 Å². The van der Waals surface area contributed by atoms with Crippen LogP contribution in [-0.2, 0) is 16.0 Å². The average molecular weight is 367 g/mol. The van der Waals surface area contributed by atoms with E-state index >= 15 is 0 Å². The van der Waals surface area contributed by atoms with Crippen molar-refractivity contribution in [2.24, 2.45) is 5.92 Å². The number of methoxy groups -OCH3 is 1. The summed E-state index contributed by atoms with van der Waals surface area (Å²) in [6, 6.07) is 17.8. The minimum atomic E-state index is -1.61. The van der Waals surface area contributed by atoms with Gasteiger partial charge >= 0.3 is 5.97 Å². The molecule has 1 aliphatic heterocycles. The third-order valence-corrected chi connectivity index (χ3v) is 7.52.